The second-order valence-electron chi connectivity index (χ2n) is 7.18. The molecule has 5 nitrogen and oxygen atoms in total. The van der Waals surface area contributed by atoms with Crippen LogP contribution in [-0.2, 0) is 28.9 Å². The van der Waals surface area contributed by atoms with Crippen LogP contribution >= 0.6 is 0 Å². The van der Waals surface area contributed by atoms with Gasteiger partial charge in [-0.05, 0) is 49.7 Å². The first-order valence-corrected chi connectivity index (χ1v) is 9.69. The molecule has 1 aromatic heterocycles. The van der Waals surface area contributed by atoms with Crippen LogP contribution in [0.4, 0.5) is 0 Å². The summed E-state index contributed by atoms with van der Waals surface area (Å²) in [6, 6.07) is 14.5. The Labute approximate surface area is 167 Å². The van der Waals surface area contributed by atoms with Crippen LogP contribution in [0.15, 0.2) is 48.7 Å². The highest BCUT2D eigenvalue weighted by Crippen LogP contribution is 2.32. The number of rotatable bonds is 11. The lowest BCUT2D eigenvalue weighted by Gasteiger charge is -2.13. The Morgan fingerprint density at radius 1 is 0.964 bits per heavy atom. The first-order chi connectivity index (χ1) is 13.7. The van der Waals surface area contributed by atoms with Gasteiger partial charge in [-0.3, -0.25) is 0 Å². The number of aromatic nitrogens is 1. The van der Waals surface area contributed by atoms with Gasteiger partial charge in [0, 0.05) is 25.2 Å². The molecule has 0 aliphatic rings. The molecule has 0 spiro atoms. The van der Waals surface area contributed by atoms with Crippen molar-refractivity contribution in [3.8, 4) is 5.75 Å². The first kappa shape index (κ1) is 20.4. The van der Waals surface area contributed by atoms with Crippen molar-refractivity contribution in [3.05, 3.63) is 65.4 Å². The molecular formula is C23H30N2O3. The van der Waals surface area contributed by atoms with Crippen LogP contribution in [0.5, 0.6) is 5.75 Å². The predicted octanol–water partition coefficient (Wildman–Crippen LogP) is 4.01. The second-order valence-corrected chi connectivity index (χ2v) is 7.18. The maximum atomic E-state index is 6.22. The van der Waals surface area contributed by atoms with E-state index in [2.05, 4.69) is 54.4 Å². The summed E-state index contributed by atoms with van der Waals surface area (Å²) in [7, 11) is 5.83. The van der Waals surface area contributed by atoms with E-state index in [-0.39, 0.29) is 0 Å². The number of ether oxygens (including phenoxy) is 3. The number of benzene rings is 2. The fourth-order valence-corrected chi connectivity index (χ4v) is 3.27. The molecule has 3 rings (SSSR count). The SMILES string of the molecule is COCOCCc1ccc(OCc2ccccc2)c2c(CCN(C)C)c[nH]c12. The molecule has 0 aliphatic carbocycles. The van der Waals surface area contributed by atoms with E-state index in [4.69, 9.17) is 14.2 Å². The van der Waals surface area contributed by atoms with E-state index >= 15 is 0 Å². The van der Waals surface area contributed by atoms with Gasteiger partial charge in [-0.2, -0.15) is 0 Å². The zero-order valence-electron chi connectivity index (χ0n) is 17.0. The Morgan fingerprint density at radius 2 is 1.79 bits per heavy atom. The highest BCUT2D eigenvalue weighted by Gasteiger charge is 2.14. The van der Waals surface area contributed by atoms with Crippen molar-refractivity contribution in [1.82, 2.24) is 9.88 Å². The molecule has 150 valence electrons. The van der Waals surface area contributed by atoms with Gasteiger partial charge in [-0.1, -0.05) is 36.4 Å². The van der Waals surface area contributed by atoms with Gasteiger partial charge in [0.25, 0.3) is 0 Å². The number of nitrogens with zero attached hydrogens (tertiary/aromatic N) is 1. The number of methoxy groups -OCH3 is 1. The normalized spacial score (nSPS) is 11.4. The van der Waals surface area contributed by atoms with E-state index in [9.17, 15) is 0 Å². The number of aromatic amines is 1. The Hall–Kier alpha value is -2.34. The zero-order valence-corrected chi connectivity index (χ0v) is 17.0. The summed E-state index contributed by atoms with van der Waals surface area (Å²) in [6.07, 6.45) is 3.91. The number of nitrogens with one attached hydrogen (secondary N) is 1. The predicted molar refractivity (Wildman–Crippen MR) is 113 cm³/mol. The van der Waals surface area contributed by atoms with Gasteiger partial charge in [-0.25, -0.2) is 0 Å². The molecule has 0 saturated heterocycles. The topological polar surface area (TPSA) is 46.7 Å². The van der Waals surface area contributed by atoms with Crippen LogP contribution in [0.1, 0.15) is 16.7 Å². The third-order valence-corrected chi connectivity index (χ3v) is 4.75. The summed E-state index contributed by atoms with van der Waals surface area (Å²) in [5, 5.41) is 1.18. The van der Waals surface area contributed by atoms with E-state index < -0.39 is 0 Å². The van der Waals surface area contributed by atoms with Gasteiger partial charge in [0.2, 0.25) is 0 Å². The average molecular weight is 383 g/mol. The molecule has 0 unspecified atom stereocenters. The molecule has 28 heavy (non-hydrogen) atoms. The van der Waals surface area contributed by atoms with Gasteiger partial charge >= 0.3 is 0 Å². The van der Waals surface area contributed by atoms with Crippen molar-refractivity contribution in [1.29, 1.82) is 0 Å². The third kappa shape index (κ3) is 5.35. The van der Waals surface area contributed by atoms with Crippen LogP contribution < -0.4 is 4.74 Å². The van der Waals surface area contributed by atoms with Crippen molar-refractivity contribution >= 4 is 10.9 Å². The largest absolute Gasteiger partial charge is 0.488 e. The molecule has 3 aromatic rings. The summed E-state index contributed by atoms with van der Waals surface area (Å²) >= 11 is 0. The van der Waals surface area contributed by atoms with Gasteiger partial charge in [0.1, 0.15) is 19.1 Å². The zero-order chi connectivity index (χ0) is 19.8. The number of likely N-dealkylation sites (N-methyl/N-ethyl adjacent to an activating group) is 1. The molecule has 0 saturated carbocycles. The number of H-pyrrole nitrogens is 1. The summed E-state index contributed by atoms with van der Waals surface area (Å²) in [6.45, 7) is 2.50. The first-order valence-electron chi connectivity index (χ1n) is 9.69. The second kappa shape index (κ2) is 10.3. The smallest absolute Gasteiger partial charge is 0.146 e. The summed E-state index contributed by atoms with van der Waals surface area (Å²) in [5.74, 6) is 0.926. The number of fused-ring (bicyclic) bond motifs is 1. The maximum Gasteiger partial charge on any atom is 0.146 e. The lowest BCUT2D eigenvalue weighted by atomic mass is 10.0. The standard InChI is InChI=1S/C23H30N2O3/c1-25(2)13-11-20-15-24-23-19(12-14-27-17-26-3)9-10-21(22(20)23)28-16-18-7-5-4-6-8-18/h4-10,15,24H,11-14,16-17H2,1-3H3. The molecule has 2 aromatic carbocycles. The van der Waals surface area contributed by atoms with Gasteiger partial charge in [0.15, 0.2) is 0 Å². The van der Waals surface area contributed by atoms with E-state index in [1.54, 1.807) is 7.11 Å². The van der Waals surface area contributed by atoms with E-state index in [0.717, 1.165) is 36.2 Å². The maximum absolute atomic E-state index is 6.22. The number of hydrogen-bond acceptors (Lipinski definition) is 4. The lowest BCUT2D eigenvalue weighted by molar-refractivity contribution is -0.0290. The lowest BCUT2D eigenvalue weighted by Crippen LogP contribution is -2.14. The average Bonchev–Trinajstić information content (AvgIpc) is 3.14. The van der Waals surface area contributed by atoms with E-state index in [0.29, 0.717) is 20.0 Å². The minimum absolute atomic E-state index is 0.320. The number of hydrogen-bond donors (Lipinski definition) is 1. The van der Waals surface area contributed by atoms with Crippen LogP contribution in [0.25, 0.3) is 10.9 Å². The van der Waals surface area contributed by atoms with E-state index in [1.807, 2.05) is 18.2 Å². The van der Waals surface area contributed by atoms with Crippen molar-refractivity contribution in [3.63, 3.8) is 0 Å². The van der Waals surface area contributed by atoms with Gasteiger partial charge in [-0.15, -0.1) is 0 Å². The van der Waals surface area contributed by atoms with Crippen LogP contribution in [-0.4, -0.2) is 51.0 Å². The Balaban J connectivity index is 1.84. The Morgan fingerprint density at radius 3 is 2.54 bits per heavy atom. The van der Waals surface area contributed by atoms with Crippen molar-refractivity contribution in [2.45, 2.75) is 19.4 Å². The molecule has 0 atom stereocenters. The van der Waals surface area contributed by atoms with Crippen molar-refractivity contribution in [2.24, 2.45) is 0 Å². The molecule has 0 fully saturated rings. The van der Waals surface area contributed by atoms with Crippen molar-refractivity contribution < 1.29 is 14.2 Å². The quantitative estimate of drug-likeness (QED) is 0.402. The highest BCUT2D eigenvalue weighted by atomic mass is 16.7. The third-order valence-electron chi connectivity index (χ3n) is 4.75. The molecule has 0 radical (unpaired) electrons. The Bertz CT molecular complexity index is 859. The fraction of sp³-hybridized carbons (Fsp3) is 0.391. The highest BCUT2D eigenvalue weighted by molar-refractivity contribution is 5.91. The molecule has 1 heterocycles. The van der Waals surface area contributed by atoms with Gasteiger partial charge < -0.3 is 24.1 Å². The van der Waals surface area contributed by atoms with Crippen LogP contribution in [0.3, 0.4) is 0 Å². The van der Waals surface area contributed by atoms with Crippen LogP contribution in [0, 0.1) is 0 Å². The summed E-state index contributed by atoms with van der Waals surface area (Å²) < 4.78 is 16.7. The van der Waals surface area contributed by atoms with Crippen molar-refractivity contribution in [2.75, 3.05) is 41.1 Å². The Kier molecular flexibility index (Phi) is 7.48. The molecule has 5 heteroatoms. The fourth-order valence-electron chi connectivity index (χ4n) is 3.27. The molecule has 0 aliphatic heterocycles. The minimum Gasteiger partial charge on any atom is -0.488 e. The molecule has 0 bridgehead atoms. The molecule has 1 N–H and O–H groups in total. The van der Waals surface area contributed by atoms with Gasteiger partial charge in [0.05, 0.1) is 12.1 Å². The summed E-state index contributed by atoms with van der Waals surface area (Å²) in [5.41, 5.74) is 4.82. The minimum atomic E-state index is 0.320. The van der Waals surface area contributed by atoms with Crippen LogP contribution in [0.2, 0.25) is 0 Å². The molecular weight excluding hydrogens is 352 g/mol. The monoisotopic (exact) mass is 382 g/mol. The molecule has 0 amide bonds. The van der Waals surface area contributed by atoms with E-state index in [1.165, 1.54) is 16.5 Å². The summed E-state index contributed by atoms with van der Waals surface area (Å²) in [4.78, 5) is 5.67.